The molecule has 0 radical (unpaired) electrons. The summed E-state index contributed by atoms with van der Waals surface area (Å²) in [4.78, 5) is 11.1. The number of aliphatic carboxylic acids is 1. The molecule has 1 unspecified atom stereocenters. The second-order valence-electron chi connectivity index (χ2n) is 5.66. The maximum Gasteiger partial charge on any atom is 0.305 e. The third kappa shape index (κ3) is 3.26. The lowest BCUT2D eigenvalue weighted by Gasteiger charge is -2.20. The van der Waals surface area contributed by atoms with E-state index in [0.717, 1.165) is 11.1 Å². The number of hydrogen-bond donors (Lipinski definition) is 1. The Labute approximate surface area is 123 Å². The summed E-state index contributed by atoms with van der Waals surface area (Å²) in [5.41, 5.74) is 3.25. The number of aryl methyl sites for hydroxylation is 2. The van der Waals surface area contributed by atoms with Crippen LogP contribution in [0.1, 0.15) is 37.4 Å². The summed E-state index contributed by atoms with van der Waals surface area (Å²) in [5, 5.41) is 20.9. The van der Waals surface area contributed by atoms with E-state index in [1.165, 1.54) is 5.56 Å². The maximum atomic E-state index is 11.1. The fourth-order valence-electron chi connectivity index (χ4n) is 2.27. The van der Waals surface area contributed by atoms with E-state index in [1.54, 1.807) is 4.68 Å². The Morgan fingerprint density at radius 1 is 1.29 bits per heavy atom. The second-order valence-corrected chi connectivity index (χ2v) is 5.66. The Hall–Kier alpha value is -2.24. The molecule has 6 nitrogen and oxygen atoms in total. The van der Waals surface area contributed by atoms with Gasteiger partial charge < -0.3 is 5.11 Å². The topological polar surface area (TPSA) is 80.9 Å². The molecule has 1 aromatic heterocycles. The van der Waals surface area contributed by atoms with Gasteiger partial charge >= 0.3 is 5.97 Å². The first-order valence-corrected chi connectivity index (χ1v) is 6.97. The molecule has 112 valence electrons. The van der Waals surface area contributed by atoms with E-state index in [1.807, 2.05) is 45.9 Å². The molecule has 6 heteroatoms. The molecule has 0 fully saturated rings. The predicted molar refractivity (Wildman–Crippen MR) is 78.9 cm³/mol. The molecule has 0 amide bonds. The van der Waals surface area contributed by atoms with Crippen molar-refractivity contribution in [3.8, 4) is 11.4 Å². The molecular formula is C15H20N4O2. The lowest BCUT2D eigenvalue weighted by Crippen LogP contribution is -2.21. The summed E-state index contributed by atoms with van der Waals surface area (Å²) in [6, 6.07) is 5.73. The highest BCUT2D eigenvalue weighted by Gasteiger charge is 2.24. The first-order chi connectivity index (χ1) is 9.90. The van der Waals surface area contributed by atoms with E-state index in [-0.39, 0.29) is 18.4 Å². The zero-order valence-corrected chi connectivity index (χ0v) is 12.7. The first kappa shape index (κ1) is 15.2. The molecule has 1 heterocycles. The number of carboxylic acids is 1. The minimum absolute atomic E-state index is 0.000546. The minimum Gasteiger partial charge on any atom is -0.481 e. The van der Waals surface area contributed by atoms with Gasteiger partial charge in [-0.25, -0.2) is 4.68 Å². The summed E-state index contributed by atoms with van der Waals surface area (Å²) in [6.45, 7) is 8.02. The number of carboxylic acid groups (broad SMARTS) is 1. The Bertz CT molecular complexity index is 649. The number of nitrogens with zero attached hydrogens (tertiary/aromatic N) is 4. The number of aromatic nitrogens is 4. The fourth-order valence-corrected chi connectivity index (χ4v) is 2.27. The van der Waals surface area contributed by atoms with Gasteiger partial charge in [-0.1, -0.05) is 26.0 Å². The molecular weight excluding hydrogens is 268 g/mol. The summed E-state index contributed by atoms with van der Waals surface area (Å²) in [5.74, 6) is -0.122. The van der Waals surface area contributed by atoms with Crippen LogP contribution in [-0.2, 0) is 4.79 Å². The second kappa shape index (κ2) is 6.03. The lowest BCUT2D eigenvalue weighted by atomic mass is 10.0. The molecule has 0 spiro atoms. The van der Waals surface area contributed by atoms with Crippen molar-refractivity contribution in [2.75, 3.05) is 0 Å². The molecule has 0 aliphatic carbocycles. The van der Waals surface area contributed by atoms with Gasteiger partial charge in [0.15, 0.2) is 5.82 Å². The maximum absolute atomic E-state index is 11.1. The Balaban J connectivity index is 2.45. The van der Waals surface area contributed by atoms with E-state index in [0.29, 0.717) is 5.82 Å². The first-order valence-electron chi connectivity index (χ1n) is 6.97. The third-order valence-electron chi connectivity index (χ3n) is 3.73. The highest BCUT2D eigenvalue weighted by Crippen LogP contribution is 2.27. The largest absolute Gasteiger partial charge is 0.481 e. The van der Waals surface area contributed by atoms with Gasteiger partial charge in [-0.05, 0) is 47.4 Å². The smallest absolute Gasteiger partial charge is 0.305 e. The quantitative estimate of drug-likeness (QED) is 0.914. The molecule has 1 aromatic carbocycles. The predicted octanol–water partition coefficient (Wildman–Crippen LogP) is 2.63. The zero-order chi connectivity index (χ0) is 15.6. The average Bonchev–Trinajstić information content (AvgIpc) is 2.87. The van der Waals surface area contributed by atoms with Crippen LogP contribution in [-0.4, -0.2) is 31.3 Å². The van der Waals surface area contributed by atoms with E-state index < -0.39 is 5.97 Å². The van der Waals surface area contributed by atoms with E-state index in [4.69, 9.17) is 5.11 Å². The molecule has 0 aliphatic heterocycles. The molecule has 0 aliphatic rings. The monoisotopic (exact) mass is 288 g/mol. The van der Waals surface area contributed by atoms with Crippen molar-refractivity contribution < 1.29 is 9.90 Å². The van der Waals surface area contributed by atoms with E-state index in [2.05, 4.69) is 15.5 Å². The Morgan fingerprint density at radius 2 is 2.00 bits per heavy atom. The number of carbonyl (C=O) groups is 1. The van der Waals surface area contributed by atoms with Crippen molar-refractivity contribution in [3.05, 3.63) is 29.3 Å². The van der Waals surface area contributed by atoms with Crippen LogP contribution in [0.15, 0.2) is 18.2 Å². The summed E-state index contributed by atoms with van der Waals surface area (Å²) in [7, 11) is 0. The van der Waals surface area contributed by atoms with Gasteiger partial charge in [0.25, 0.3) is 0 Å². The molecule has 2 aromatic rings. The zero-order valence-electron chi connectivity index (χ0n) is 12.7. The average molecular weight is 288 g/mol. The summed E-state index contributed by atoms with van der Waals surface area (Å²) < 4.78 is 1.63. The fraction of sp³-hybridized carbons (Fsp3) is 0.467. The minimum atomic E-state index is -0.852. The summed E-state index contributed by atoms with van der Waals surface area (Å²) >= 11 is 0. The third-order valence-corrected chi connectivity index (χ3v) is 3.73. The molecule has 1 atom stereocenters. The molecule has 21 heavy (non-hydrogen) atoms. The molecule has 2 rings (SSSR count). The van der Waals surface area contributed by atoms with Crippen LogP contribution < -0.4 is 0 Å². The molecule has 0 bridgehead atoms. The van der Waals surface area contributed by atoms with E-state index >= 15 is 0 Å². The lowest BCUT2D eigenvalue weighted by molar-refractivity contribution is -0.138. The normalized spacial score (nSPS) is 12.6. The molecule has 0 saturated carbocycles. The van der Waals surface area contributed by atoms with Crippen LogP contribution in [0.4, 0.5) is 0 Å². The number of tetrazole rings is 1. The van der Waals surface area contributed by atoms with Crippen LogP contribution in [0, 0.1) is 19.8 Å². The van der Waals surface area contributed by atoms with Crippen LogP contribution in [0.5, 0.6) is 0 Å². The van der Waals surface area contributed by atoms with Crippen LogP contribution in [0.2, 0.25) is 0 Å². The van der Waals surface area contributed by atoms with Crippen LogP contribution >= 0.6 is 0 Å². The Kier molecular flexibility index (Phi) is 4.35. The number of benzene rings is 1. The van der Waals surface area contributed by atoms with Gasteiger partial charge in [-0.15, -0.1) is 5.10 Å². The van der Waals surface area contributed by atoms with Gasteiger partial charge in [-0.2, -0.15) is 0 Å². The number of hydrogen-bond acceptors (Lipinski definition) is 4. The van der Waals surface area contributed by atoms with Gasteiger partial charge in [-0.3, -0.25) is 4.79 Å². The van der Waals surface area contributed by atoms with E-state index in [9.17, 15) is 4.79 Å². The van der Waals surface area contributed by atoms with Gasteiger partial charge in [0, 0.05) is 5.56 Å². The molecule has 1 N–H and O–H groups in total. The van der Waals surface area contributed by atoms with Gasteiger partial charge in [0.1, 0.15) is 0 Å². The van der Waals surface area contributed by atoms with Crippen molar-refractivity contribution in [2.45, 2.75) is 40.2 Å². The standard InChI is InChI=1S/C15H20N4O2/c1-9(2)13(8-14(20)21)19-15(16-17-18-19)12-6-5-10(3)11(4)7-12/h5-7,9,13H,8H2,1-4H3,(H,20,21). The SMILES string of the molecule is Cc1ccc(-c2nnnn2C(CC(=O)O)C(C)C)cc1C. The Morgan fingerprint density at radius 3 is 2.57 bits per heavy atom. The van der Waals surface area contributed by atoms with Crippen molar-refractivity contribution in [3.63, 3.8) is 0 Å². The van der Waals surface area contributed by atoms with Crippen LogP contribution in [0.25, 0.3) is 11.4 Å². The van der Waals surface area contributed by atoms with Crippen LogP contribution in [0.3, 0.4) is 0 Å². The highest BCUT2D eigenvalue weighted by molar-refractivity contribution is 5.67. The van der Waals surface area contributed by atoms with Crippen molar-refractivity contribution in [2.24, 2.45) is 5.92 Å². The van der Waals surface area contributed by atoms with Gasteiger partial charge in [0.2, 0.25) is 0 Å². The van der Waals surface area contributed by atoms with Crippen molar-refractivity contribution in [1.29, 1.82) is 0 Å². The highest BCUT2D eigenvalue weighted by atomic mass is 16.4. The van der Waals surface area contributed by atoms with Gasteiger partial charge in [0.05, 0.1) is 12.5 Å². The number of rotatable bonds is 5. The summed E-state index contributed by atoms with van der Waals surface area (Å²) in [6.07, 6.45) is 0.000546. The molecule has 0 saturated heterocycles. The van der Waals surface area contributed by atoms with Crippen molar-refractivity contribution >= 4 is 5.97 Å². The van der Waals surface area contributed by atoms with Crippen molar-refractivity contribution in [1.82, 2.24) is 20.2 Å².